The first-order chi connectivity index (χ1) is 30.1. The topological polar surface area (TPSA) is 210 Å². The molecule has 19 atom stereocenters. The maximum atomic E-state index is 14.5. The standard InChI is InChI=1S/C45H79F3N4O13/c1-13-31-43(10,57)36(54)28(6)50-22-24(2)20-41(8,56)37(65-39-35-30(19-25(3)60-39)51(11)40(64-35)45(46,47)48)26(4)34(27(5)38(55)62-31)63-33-21-42(9,59-12)44(58,29(7)61-33)23-49-16-18-52-17-14-15-32(52)53/h24-31,33-37,39-40,49-50,54,56-58H,13-23H2,1-12H3/t24-,25-,26+,27-,28-,29+,30+,31-,33+,34+,35-,36-,37-,39+,40?,41-,42-,43-,44+/m1/s1. The number of esters is 1. The molecule has 0 saturated carbocycles. The first-order valence-electron chi connectivity index (χ1n) is 23.5. The van der Waals surface area contributed by atoms with Gasteiger partial charge in [-0.1, -0.05) is 20.8 Å². The summed E-state index contributed by atoms with van der Waals surface area (Å²) in [4.78, 5) is 29.6. The summed E-state index contributed by atoms with van der Waals surface area (Å²) in [5.74, 6) is -3.18. The fourth-order valence-corrected chi connectivity index (χ4v) is 10.9. The molecule has 0 aliphatic carbocycles. The Kier molecular flexibility index (Phi) is 17.5. The molecule has 0 bridgehead atoms. The second-order valence-electron chi connectivity index (χ2n) is 20.4. The zero-order chi connectivity index (χ0) is 48.6. The number of halogens is 3. The van der Waals surface area contributed by atoms with E-state index in [2.05, 4.69) is 10.6 Å². The van der Waals surface area contributed by atoms with Crippen molar-refractivity contribution < 1.29 is 76.3 Å². The summed E-state index contributed by atoms with van der Waals surface area (Å²) < 4.78 is 86.8. The zero-order valence-corrected chi connectivity index (χ0v) is 40.4. The lowest BCUT2D eigenvalue weighted by Gasteiger charge is -2.53. The van der Waals surface area contributed by atoms with Crippen LogP contribution in [0, 0.1) is 17.8 Å². The lowest BCUT2D eigenvalue weighted by molar-refractivity contribution is -0.336. The number of alkyl halides is 3. The molecule has 0 aromatic rings. The van der Waals surface area contributed by atoms with E-state index in [1.165, 1.54) is 21.1 Å². The van der Waals surface area contributed by atoms with Crippen LogP contribution in [0.3, 0.4) is 0 Å². The van der Waals surface area contributed by atoms with Crippen LogP contribution >= 0.6 is 0 Å². The number of hydrogen-bond acceptors (Lipinski definition) is 16. The second-order valence-corrected chi connectivity index (χ2v) is 20.4. The number of carbonyl (C=O) groups is 2. The van der Waals surface area contributed by atoms with Gasteiger partial charge in [0, 0.05) is 64.1 Å². The Hall–Kier alpha value is -1.79. The van der Waals surface area contributed by atoms with Crippen molar-refractivity contribution in [3.05, 3.63) is 0 Å². The van der Waals surface area contributed by atoms with Gasteiger partial charge in [-0.3, -0.25) is 14.5 Å². The molecule has 378 valence electrons. The molecule has 17 nitrogen and oxygen atoms in total. The minimum absolute atomic E-state index is 0.0405. The number of hydrogen-bond donors (Lipinski definition) is 6. The number of methoxy groups -OCH3 is 1. The predicted octanol–water partition coefficient (Wildman–Crippen LogP) is 2.44. The molecule has 5 rings (SSSR count). The normalized spacial score (nSPS) is 46.7. The summed E-state index contributed by atoms with van der Waals surface area (Å²) in [6.45, 7) is 18.5. The Bertz CT molecular complexity index is 1600. The predicted molar refractivity (Wildman–Crippen MR) is 230 cm³/mol. The number of amides is 1. The van der Waals surface area contributed by atoms with Crippen molar-refractivity contribution in [1.29, 1.82) is 0 Å². The summed E-state index contributed by atoms with van der Waals surface area (Å²) in [6.07, 6.45) is -15.5. The summed E-state index contributed by atoms with van der Waals surface area (Å²) in [7, 11) is 2.81. The highest BCUT2D eigenvalue weighted by atomic mass is 19.4. The number of aliphatic hydroxyl groups excluding tert-OH is 1. The highest BCUT2D eigenvalue weighted by Gasteiger charge is 2.61. The van der Waals surface area contributed by atoms with E-state index < -0.39 is 120 Å². The summed E-state index contributed by atoms with van der Waals surface area (Å²) >= 11 is 0. The van der Waals surface area contributed by atoms with E-state index in [9.17, 15) is 43.2 Å². The van der Waals surface area contributed by atoms with Crippen LogP contribution in [0.4, 0.5) is 13.2 Å². The van der Waals surface area contributed by atoms with Crippen molar-refractivity contribution in [3.63, 3.8) is 0 Å². The number of likely N-dealkylation sites (N-methyl/N-ethyl adjacent to an activating group) is 1. The number of nitrogens with zero attached hydrogens (tertiary/aromatic N) is 2. The highest BCUT2D eigenvalue weighted by Crippen LogP contribution is 2.45. The van der Waals surface area contributed by atoms with Gasteiger partial charge in [-0.15, -0.1) is 0 Å². The molecule has 5 aliphatic heterocycles. The molecular weight excluding hydrogens is 862 g/mol. The molecule has 0 radical (unpaired) electrons. The van der Waals surface area contributed by atoms with Crippen LogP contribution in [0.15, 0.2) is 0 Å². The average molecular weight is 941 g/mol. The second kappa shape index (κ2) is 21.1. The van der Waals surface area contributed by atoms with Gasteiger partial charge < -0.3 is 69.1 Å². The maximum Gasteiger partial charge on any atom is 0.428 e. The molecule has 5 aliphatic rings. The van der Waals surface area contributed by atoms with Crippen molar-refractivity contribution in [2.75, 3.05) is 46.9 Å². The number of aliphatic hydroxyl groups is 4. The Morgan fingerprint density at radius 2 is 1.66 bits per heavy atom. The summed E-state index contributed by atoms with van der Waals surface area (Å²) in [5, 5.41) is 54.6. The van der Waals surface area contributed by atoms with Gasteiger partial charge in [0.2, 0.25) is 12.1 Å². The zero-order valence-electron chi connectivity index (χ0n) is 40.4. The van der Waals surface area contributed by atoms with Crippen LogP contribution in [0.25, 0.3) is 0 Å². The summed E-state index contributed by atoms with van der Waals surface area (Å²) in [5.41, 5.74) is -6.59. The van der Waals surface area contributed by atoms with Gasteiger partial charge in [0.15, 0.2) is 12.6 Å². The monoisotopic (exact) mass is 941 g/mol. The van der Waals surface area contributed by atoms with E-state index in [0.29, 0.717) is 26.1 Å². The number of nitrogens with one attached hydrogen (secondary N) is 2. The van der Waals surface area contributed by atoms with Crippen LogP contribution in [-0.2, 0) is 42.7 Å². The molecule has 0 aromatic heterocycles. The van der Waals surface area contributed by atoms with Gasteiger partial charge in [0.05, 0.1) is 35.9 Å². The van der Waals surface area contributed by atoms with Crippen molar-refractivity contribution in [2.24, 2.45) is 17.8 Å². The fourth-order valence-electron chi connectivity index (χ4n) is 10.9. The SMILES string of the molecule is CC[C@H]1OC(=O)[C@H](C)[C@@H](O[C@H]2C[C@@](C)(OC)[C@](O)(CNCCN3CCCC3=O)[C@H](C)O2)[C@H](C)[C@@H](O[C@@H]2O[C@H](C)C[C@H]3[C@H]2OC(C(F)(F)F)N3C)[C@](C)(O)C[C@@H](C)CN[C@H](C)[C@@H](O)[C@]1(C)O. The van der Waals surface area contributed by atoms with Gasteiger partial charge in [-0.2, -0.15) is 13.2 Å². The number of ether oxygens (including phenoxy) is 7. The third-order valence-corrected chi connectivity index (χ3v) is 15.1. The minimum atomic E-state index is -4.71. The number of likely N-dealkylation sites (tertiary alicyclic amines) is 1. The van der Waals surface area contributed by atoms with Crippen LogP contribution < -0.4 is 10.6 Å². The summed E-state index contributed by atoms with van der Waals surface area (Å²) in [6, 6.07) is -1.43. The lowest BCUT2D eigenvalue weighted by atomic mass is 9.75. The first-order valence-corrected chi connectivity index (χ1v) is 23.5. The Balaban J connectivity index is 1.52. The first kappa shape index (κ1) is 54.2. The van der Waals surface area contributed by atoms with Gasteiger partial charge >= 0.3 is 12.1 Å². The minimum Gasteiger partial charge on any atom is -0.459 e. The van der Waals surface area contributed by atoms with E-state index >= 15 is 0 Å². The van der Waals surface area contributed by atoms with Crippen LogP contribution in [0.1, 0.15) is 108 Å². The average Bonchev–Trinajstić information content (AvgIpc) is 3.80. The molecule has 5 fully saturated rings. The van der Waals surface area contributed by atoms with Gasteiger partial charge in [-0.25, -0.2) is 0 Å². The van der Waals surface area contributed by atoms with Gasteiger partial charge in [0.25, 0.3) is 0 Å². The smallest absolute Gasteiger partial charge is 0.428 e. The van der Waals surface area contributed by atoms with E-state index in [1.54, 1.807) is 60.3 Å². The van der Waals surface area contributed by atoms with Gasteiger partial charge in [0.1, 0.15) is 35.1 Å². The third-order valence-electron chi connectivity index (χ3n) is 15.1. The van der Waals surface area contributed by atoms with Crippen molar-refractivity contribution in [2.45, 2.75) is 210 Å². The largest absolute Gasteiger partial charge is 0.459 e. The molecule has 20 heteroatoms. The number of fused-ring (bicyclic) bond motifs is 1. The molecule has 65 heavy (non-hydrogen) atoms. The third kappa shape index (κ3) is 11.6. The van der Waals surface area contributed by atoms with E-state index in [1.807, 2.05) is 6.92 Å². The van der Waals surface area contributed by atoms with E-state index in [4.69, 9.17) is 33.2 Å². The Morgan fingerprint density at radius 3 is 2.26 bits per heavy atom. The van der Waals surface area contributed by atoms with E-state index in [0.717, 1.165) is 11.3 Å². The highest BCUT2D eigenvalue weighted by molar-refractivity contribution is 5.78. The molecule has 1 unspecified atom stereocenters. The van der Waals surface area contributed by atoms with Crippen molar-refractivity contribution >= 4 is 11.9 Å². The molecule has 1 amide bonds. The van der Waals surface area contributed by atoms with Crippen molar-refractivity contribution in [1.82, 2.24) is 20.4 Å². The molecule has 0 aromatic carbocycles. The van der Waals surface area contributed by atoms with E-state index in [-0.39, 0.29) is 50.6 Å². The lowest BCUT2D eigenvalue weighted by Crippen LogP contribution is -2.70. The van der Waals surface area contributed by atoms with Crippen molar-refractivity contribution in [3.8, 4) is 0 Å². The van der Waals surface area contributed by atoms with Gasteiger partial charge in [-0.05, 0) is 93.7 Å². The molecular formula is C45H79F3N4O13. The molecule has 5 saturated heterocycles. The number of rotatable bonds is 11. The Morgan fingerprint density at radius 1 is 0.985 bits per heavy atom. The molecule has 6 N–H and O–H groups in total. The molecule has 5 heterocycles. The van der Waals surface area contributed by atoms with Crippen LogP contribution in [0.5, 0.6) is 0 Å². The van der Waals surface area contributed by atoms with Crippen LogP contribution in [-0.4, -0.2) is 191 Å². The number of carbonyl (C=O) groups excluding carboxylic acids is 2. The van der Waals surface area contributed by atoms with Crippen LogP contribution in [0.2, 0.25) is 0 Å². The fraction of sp³-hybridized carbons (Fsp3) is 0.956. The number of cyclic esters (lactones) is 1. The molecule has 0 spiro atoms. The quantitative estimate of drug-likeness (QED) is 0.130. The maximum absolute atomic E-state index is 14.5. The Labute approximate surface area is 382 Å².